The van der Waals surface area contributed by atoms with E-state index >= 15 is 0 Å². The normalized spacial score (nSPS) is 16.8. The molecule has 7 heteroatoms. The first-order valence-corrected chi connectivity index (χ1v) is 9.10. The number of pyridine rings is 1. The smallest absolute Gasteiger partial charge is 0.178 e. The number of benzene rings is 1. The van der Waals surface area contributed by atoms with Gasteiger partial charge in [0.05, 0.1) is 5.52 Å². The van der Waals surface area contributed by atoms with Crippen molar-refractivity contribution in [3.8, 4) is 17.1 Å². The van der Waals surface area contributed by atoms with Gasteiger partial charge in [-0.2, -0.15) is 0 Å². The van der Waals surface area contributed by atoms with Crippen LogP contribution in [0.2, 0.25) is 0 Å². The number of aromatic amines is 1. The molecule has 0 radical (unpaired) electrons. The molecular formula is C18H19BrN4O2. The summed E-state index contributed by atoms with van der Waals surface area (Å²) in [6.45, 7) is 1.73. The zero-order valence-corrected chi connectivity index (χ0v) is 15.3. The van der Waals surface area contributed by atoms with Crippen LogP contribution in [0, 0.1) is 0 Å². The maximum Gasteiger partial charge on any atom is 0.178 e. The maximum absolute atomic E-state index is 9.87. The highest BCUT2D eigenvalue weighted by Gasteiger charge is 2.27. The fourth-order valence-corrected chi connectivity index (χ4v) is 2.93. The molecule has 1 aromatic carbocycles. The van der Waals surface area contributed by atoms with E-state index in [9.17, 15) is 5.11 Å². The van der Waals surface area contributed by atoms with Crippen molar-refractivity contribution in [2.45, 2.75) is 38.1 Å². The number of ether oxygens (including phenoxy) is 1. The highest BCUT2D eigenvalue weighted by molar-refractivity contribution is 9.10. The summed E-state index contributed by atoms with van der Waals surface area (Å²) in [6, 6.07) is 10.1. The highest BCUT2D eigenvalue weighted by Crippen LogP contribution is 2.25. The third kappa shape index (κ3) is 3.84. The van der Waals surface area contributed by atoms with Crippen LogP contribution in [0.15, 0.2) is 41.0 Å². The molecular weight excluding hydrogens is 384 g/mol. The Hall–Kier alpha value is -1.96. The molecule has 0 aliphatic heterocycles. The summed E-state index contributed by atoms with van der Waals surface area (Å²) < 4.78 is 6.79. The minimum absolute atomic E-state index is 0.397. The summed E-state index contributed by atoms with van der Waals surface area (Å²) in [6.07, 6.45) is 3.03. The Morgan fingerprint density at radius 3 is 2.76 bits per heavy atom. The zero-order valence-electron chi connectivity index (χ0n) is 13.7. The minimum atomic E-state index is -0.583. The van der Waals surface area contributed by atoms with Gasteiger partial charge < -0.3 is 14.8 Å². The van der Waals surface area contributed by atoms with Crippen molar-refractivity contribution in [2.75, 3.05) is 0 Å². The Bertz CT molecular complexity index is 874. The van der Waals surface area contributed by atoms with E-state index in [1.807, 2.05) is 30.3 Å². The van der Waals surface area contributed by atoms with Crippen molar-refractivity contribution < 1.29 is 9.84 Å². The summed E-state index contributed by atoms with van der Waals surface area (Å²) in [5.74, 6) is 1.47. The molecule has 0 saturated heterocycles. The number of fused-ring (bicyclic) bond motifs is 1. The van der Waals surface area contributed by atoms with Crippen LogP contribution in [0.1, 0.15) is 19.8 Å². The van der Waals surface area contributed by atoms with Crippen LogP contribution in [0.25, 0.3) is 22.6 Å². The van der Waals surface area contributed by atoms with Crippen LogP contribution in [0.5, 0.6) is 5.75 Å². The van der Waals surface area contributed by atoms with E-state index in [0.29, 0.717) is 17.4 Å². The molecule has 6 nitrogen and oxygen atoms in total. The Morgan fingerprint density at radius 1 is 1.32 bits per heavy atom. The average molecular weight is 403 g/mol. The number of aliphatic hydroxyl groups is 1. The Morgan fingerprint density at radius 2 is 2.08 bits per heavy atom. The number of halogens is 1. The number of hydrogen-bond acceptors (Lipinski definition) is 5. The van der Waals surface area contributed by atoms with Gasteiger partial charge in [-0.25, -0.2) is 9.97 Å². The van der Waals surface area contributed by atoms with Gasteiger partial charge in [-0.3, -0.25) is 5.32 Å². The molecule has 2 atom stereocenters. The first-order valence-electron chi connectivity index (χ1n) is 8.31. The molecule has 2 unspecified atom stereocenters. The second-order valence-corrected chi connectivity index (χ2v) is 7.27. The molecule has 4 rings (SSSR count). The number of aromatic nitrogens is 3. The third-order valence-corrected chi connectivity index (χ3v) is 4.54. The number of imidazole rings is 1. The predicted molar refractivity (Wildman–Crippen MR) is 99.3 cm³/mol. The number of nitrogens with zero attached hydrogens (tertiary/aromatic N) is 2. The van der Waals surface area contributed by atoms with Crippen LogP contribution in [0.3, 0.4) is 0 Å². The first kappa shape index (κ1) is 16.5. The van der Waals surface area contributed by atoms with Gasteiger partial charge in [0.1, 0.15) is 17.7 Å². The van der Waals surface area contributed by atoms with E-state index in [1.165, 1.54) is 0 Å². The minimum Gasteiger partial charge on any atom is -0.473 e. The lowest BCUT2D eigenvalue weighted by Crippen LogP contribution is -2.44. The van der Waals surface area contributed by atoms with E-state index < -0.39 is 12.3 Å². The molecule has 1 fully saturated rings. The van der Waals surface area contributed by atoms with E-state index in [1.54, 1.807) is 13.1 Å². The van der Waals surface area contributed by atoms with Crippen molar-refractivity contribution in [2.24, 2.45) is 0 Å². The zero-order chi connectivity index (χ0) is 17.4. The fraction of sp³-hybridized carbons (Fsp3) is 0.333. The molecule has 1 aliphatic carbocycles. The molecule has 0 amide bonds. The number of aliphatic hydroxyl groups excluding tert-OH is 1. The number of H-pyrrole nitrogens is 1. The second kappa shape index (κ2) is 6.74. The van der Waals surface area contributed by atoms with E-state index in [0.717, 1.165) is 34.2 Å². The van der Waals surface area contributed by atoms with E-state index in [-0.39, 0.29) is 0 Å². The molecule has 1 aliphatic rings. The average Bonchev–Trinajstić information content (AvgIpc) is 3.31. The van der Waals surface area contributed by atoms with Gasteiger partial charge in [0.25, 0.3) is 0 Å². The van der Waals surface area contributed by atoms with Gasteiger partial charge in [0.2, 0.25) is 0 Å². The van der Waals surface area contributed by atoms with Crippen LogP contribution in [-0.2, 0) is 0 Å². The Balaban J connectivity index is 1.52. The van der Waals surface area contributed by atoms with E-state index in [4.69, 9.17) is 4.74 Å². The van der Waals surface area contributed by atoms with Crippen molar-refractivity contribution in [1.82, 2.24) is 20.3 Å². The molecule has 0 bridgehead atoms. The maximum atomic E-state index is 9.87. The van der Waals surface area contributed by atoms with Gasteiger partial charge in [-0.1, -0.05) is 0 Å². The number of rotatable bonds is 6. The molecule has 0 spiro atoms. The van der Waals surface area contributed by atoms with Crippen LogP contribution in [-0.4, -0.2) is 38.4 Å². The summed E-state index contributed by atoms with van der Waals surface area (Å²) in [5, 5.41) is 13.2. The number of nitrogens with one attached hydrogen (secondary N) is 2. The topological polar surface area (TPSA) is 83.1 Å². The Kier molecular flexibility index (Phi) is 4.45. The number of hydrogen-bond donors (Lipinski definition) is 3. The highest BCUT2D eigenvalue weighted by atomic mass is 79.9. The SMILES string of the molecule is CC(O)C(NC1CC1)Oc1ccc(-c2nc3ncc(Br)cc3[nH]2)cc1. The molecule has 25 heavy (non-hydrogen) atoms. The van der Waals surface area contributed by atoms with Crippen LogP contribution >= 0.6 is 15.9 Å². The van der Waals surface area contributed by atoms with Gasteiger partial charge in [0.15, 0.2) is 11.9 Å². The lowest BCUT2D eigenvalue weighted by molar-refractivity contribution is 0.0257. The molecule has 3 aromatic rings. The first-order chi connectivity index (χ1) is 12.1. The van der Waals surface area contributed by atoms with Crippen LogP contribution < -0.4 is 10.1 Å². The van der Waals surface area contributed by atoms with E-state index in [2.05, 4.69) is 36.2 Å². The van der Waals surface area contributed by atoms with Crippen molar-refractivity contribution in [3.63, 3.8) is 0 Å². The third-order valence-electron chi connectivity index (χ3n) is 4.11. The summed E-state index contributed by atoms with van der Waals surface area (Å²) >= 11 is 3.41. The standard InChI is InChI=1S/C18H19BrN4O2/c1-10(24)18(21-13-4-5-13)25-14-6-2-11(3-7-14)16-22-15-8-12(19)9-20-17(15)23-16/h2-3,6-10,13,18,21,24H,4-5H2,1H3,(H,20,22,23). The predicted octanol–water partition coefficient (Wildman–Crippen LogP) is 3.23. The van der Waals surface area contributed by atoms with Crippen LogP contribution in [0.4, 0.5) is 0 Å². The van der Waals surface area contributed by atoms with Gasteiger partial charge >= 0.3 is 0 Å². The molecule has 3 N–H and O–H groups in total. The van der Waals surface area contributed by atoms with Gasteiger partial charge in [-0.05, 0) is 66.0 Å². The second-order valence-electron chi connectivity index (χ2n) is 6.35. The van der Waals surface area contributed by atoms with Crippen molar-refractivity contribution in [3.05, 3.63) is 41.0 Å². The van der Waals surface area contributed by atoms with Gasteiger partial charge in [-0.15, -0.1) is 0 Å². The van der Waals surface area contributed by atoms with Gasteiger partial charge in [0, 0.05) is 22.3 Å². The Labute approximate surface area is 153 Å². The quantitative estimate of drug-likeness (QED) is 0.551. The van der Waals surface area contributed by atoms with Crippen molar-refractivity contribution in [1.29, 1.82) is 0 Å². The van der Waals surface area contributed by atoms with Crippen molar-refractivity contribution >= 4 is 27.1 Å². The summed E-state index contributed by atoms with van der Waals surface area (Å²) in [7, 11) is 0. The summed E-state index contributed by atoms with van der Waals surface area (Å²) in [4.78, 5) is 12.1. The monoisotopic (exact) mass is 402 g/mol. The molecule has 130 valence electrons. The largest absolute Gasteiger partial charge is 0.473 e. The molecule has 1 saturated carbocycles. The lowest BCUT2D eigenvalue weighted by atomic mass is 10.2. The summed E-state index contributed by atoms with van der Waals surface area (Å²) in [5.41, 5.74) is 2.51. The lowest BCUT2D eigenvalue weighted by Gasteiger charge is -2.23. The molecule has 2 heterocycles. The fourth-order valence-electron chi connectivity index (χ4n) is 2.60. The molecule has 2 aromatic heterocycles.